The van der Waals surface area contributed by atoms with Crippen molar-refractivity contribution in [2.75, 3.05) is 6.54 Å². The van der Waals surface area contributed by atoms with Crippen molar-refractivity contribution in [3.63, 3.8) is 0 Å². The molecule has 2 aliphatic heterocycles. The van der Waals surface area contributed by atoms with E-state index in [2.05, 4.69) is 10.3 Å². The molecule has 1 aromatic carbocycles. The van der Waals surface area contributed by atoms with Crippen LogP contribution in [-0.2, 0) is 25.6 Å². The van der Waals surface area contributed by atoms with Gasteiger partial charge in [0.2, 0.25) is 0 Å². The lowest BCUT2D eigenvalue weighted by molar-refractivity contribution is -0.0571. The highest BCUT2D eigenvalue weighted by Crippen LogP contribution is 2.36. The molecule has 1 aromatic rings. The highest BCUT2D eigenvalue weighted by atomic mass is 16.8. The number of alkyl carbamates (subject to hydrolysis) is 1. The van der Waals surface area contributed by atoms with Crippen LogP contribution in [0.4, 0.5) is 4.79 Å². The van der Waals surface area contributed by atoms with Gasteiger partial charge in [-0.3, -0.25) is 0 Å². The number of amides is 1. The molecule has 2 heterocycles. The lowest BCUT2D eigenvalue weighted by atomic mass is 9.98. The zero-order valence-electron chi connectivity index (χ0n) is 19.0. The smallest absolute Gasteiger partial charge is 0.407 e. The molecule has 2 saturated heterocycles. The monoisotopic (exact) mass is 434 g/mol. The molecule has 0 aromatic heterocycles. The first-order chi connectivity index (χ1) is 14.5. The minimum absolute atomic E-state index is 0.0544. The molecule has 2 fully saturated rings. The fraction of sp³-hybridized carbons (Fsp3) is 0.652. The maximum atomic E-state index is 11.9. The van der Waals surface area contributed by atoms with E-state index in [1.54, 1.807) is 0 Å². The fourth-order valence-corrected chi connectivity index (χ4v) is 3.35. The number of rotatable bonds is 9. The Morgan fingerprint density at radius 3 is 2.61 bits per heavy atom. The van der Waals surface area contributed by atoms with Crippen molar-refractivity contribution in [3.05, 3.63) is 35.9 Å². The number of ether oxygens (including phenoxy) is 4. The Hall–Kier alpha value is -2.16. The highest BCUT2D eigenvalue weighted by molar-refractivity contribution is 5.82. The van der Waals surface area contributed by atoms with E-state index in [9.17, 15) is 9.90 Å². The molecule has 8 nitrogen and oxygen atoms in total. The van der Waals surface area contributed by atoms with Crippen molar-refractivity contribution in [2.24, 2.45) is 4.99 Å². The molecule has 0 radical (unpaired) electrons. The Bertz CT molecular complexity index is 764. The van der Waals surface area contributed by atoms with Crippen LogP contribution < -0.4 is 5.32 Å². The van der Waals surface area contributed by atoms with Crippen molar-refractivity contribution in [3.8, 4) is 0 Å². The molecule has 1 amide bonds. The largest absolute Gasteiger partial charge is 0.474 e. The number of hydrogen-bond acceptors (Lipinski definition) is 7. The molecule has 31 heavy (non-hydrogen) atoms. The zero-order valence-corrected chi connectivity index (χ0v) is 19.0. The third-order valence-electron chi connectivity index (χ3n) is 4.82. The topological polar surface area (TPSA) is 102 Å². The first-order valence-electron chi connectivity index (χ1n) is 10.7. The standard InChI is InChI=1S/C23H34N2O6/c1-22(2,3)31-20-19(29-20)17(25-18-12-23(4,5)30-18)11-16(26)13-24-21(27)28-14-15-9-7-6-8-10-15/h6-10,16-17,19-20,26H,11-14H2,1-5H3,(H,24,27). The van der Waals surface area contributed by atoms with Gasteiger partial charge in [-0.05, 0) is 40.2 Å². The summed E-state index contributed by atoms with van der Waals surface area (Å²) in [5.74, 6) is 0.655. The van der Waals surface area contributed by atoms with Gasteiger partial charge in [0.15, 0.2) is 12.2 Å². The van der Waals surface area contributed by atoms with Gasteiger partial charge < -0.3 is 29.4 Å². The molecule has 0 aliphatic carbocycles. The Labute approximate surface area is 183 Å². The summed E-state index contributed by atoms with van der Waals surface area (Å²) >= 11 is 0. The summed E-state index contributed by atoms with van der Waals surface area (Å²) in [5, 5.41) is 13.1. The van der Waals surface area contributed by atoms with Gasteiger partial charge in [-0.15, -0.1) is 0 Å². The molecule has 4 unspecified atom stereocenters. The number of nitrogens with zero attached hydrogens (tertiary/aromatic N) is 1. The molecule has 4 atom stereocenters. The van der Waals surface area contributed by atoms with E-state index in [0.717, 1.165) is 12.0 Å². The van der Waals surface area contributed by atoms with Crippen LogP contribution in [0, 0.1) is 0 Å². The van der Waals surface area contributed by atoms with E-state index >= 15 is 0 Å². The van der Waals surface area contributed by atoms with Crippen LogP contribution >= 0.6 is 0 Å². The van der Waals surface area contributed by atoms with Gasteiger partial charge >= 0.3 is 6.09 Å². The van der Waals surface area contributed by atoms with Gasteiger partial charge in [0.1, 0.15) is 18.3 Å². The Morgan fingerprint density at radius 1 is 1.32 bits per heavy atom. The van der Waals surface area contributed by atoms with Crippen LogP contribution in [-0.4, -0.2) is 59.4 Å². The second kappa shape index (κ2) is 9.54. The van der Waals surface area contributed by atoms with Crippen molar-refractivity contribution in [2.45, 2.75) is 89.8 Å². The maximum Gasteiger partial charge on any atom is 0.407 e. The van der Waals surface area contributed by atoms with Crippen molar-refractivity contribution >= 4 is 12.0 Å². The Morgan fingerprint density at radius 2 is 2.00 bits per heavy atom. The van der Waals surface area contributed by atoms with Crippen molar-refractivity contribution < 1.29 is 28.8 Å². The molecule has 0 bridgehead atoms. The van der Waals surface area contributed by atoms with E-state index in [1.807, 2.05) is 65.0 Å². The highest BCUT2D eigenvalue weighted by Gasteiger charge is 2.49. The molecular formula is C23H34N2O6. The molecular weight excluding hydrogens is 400 g/mol. The first-order valence-corrected chi connectivity index (χ1v) is 10.7. The Balaban J connectivity index is 1.47. The number of nitrogens with one attached hydrogen (secondary N) is 1. The molecule has 0 saturated carbocycles. The second-order valence-corrected chi connectivity index (χ2v) is 9.66. The number of hydrogen-bond donors (Lipinski definition) is 2. The second-order valence-electron chi connectivity index (χ2n) is 9.66. The number of aliphatic hydroxyl groups is 1. The fourth-order valence-electron chi connectivity index (χ4n) is 3.35. The van der Waals surface area contributed by atoms with Gasteiger partial charge in [-0.2, -0.15) is 0 Å². The van der Waals surface area contributed by atoms with E-state index in [-0.39, 0.29) is 42.8 Å². The number of carbonyl (C=O) groups excluding carboxylic acids is 1. The van der Waals surface area contributed by atoms with E-state index in [4.69, 9.17) is 18.9 Å². The molecule has 2 aliphatic rings. The molecule has 2 N–H and O–H groups in total. The van der Waals surface area contributed by atoms with Crippen LogP contribution in [0.2, 0.25) is 0 Å². The van der Waals surface area contributed by atoms with Gasteiger partial charge in [0.05, 0.1) is 24.2 Å². The van der Waals surface area contributed by atoms with Gasteiger partial charge in [0.25, 0.3) is 0 Å². The van der Waals surface area contributed by atoms with Crippen LogP contribution in [0.3, 0.4) is 0 Å². The summed E-state index contributed by atoms with van der Waals surface area (Å²) in [6.07, 6.45) is -0.961. The van der Waals surface area contributed by atoms with E-state index in [0.29, 0.717) is 12.3 Å². The predicted octanol–water partition coefficient (Wildman–Crippen LogP) is 3.17. The quantitative estimate of drug-likeness (QED) is 0.579. The average molecular weight is 435 g/mol. The van der Waals surface area contributed by atoms with Gasteiger partial charge in [0, 0.05) is 13.0 Å². The van der Waals surface area contributed by atoms with E-state index in [1.165, 1.54) is 0 Å². The minimum atomic E-state index is -0.814. The van der Waals surface area contributed by atoms with Crippen molar-refractivity contribution in [1.29, 1.82) is 0 Å². The third-order valence-corrected chi connectivity index (χ3v) is 4.82. The van der Waals surface area contributed by atoms with Crippen LogP contribution in [0.25, 0.3) is 0 Å². The average Bonchev–Trinajstić information content (AvgIpc) is 3.40. The van der Waals surface area contributed by atoms with E-state index < -0.39 is 12.2 Å². The third kappa shape index (κ3) is 7.79. The van der Waals surface area contributed by atoms with Gasteiger partial charge in [-0.1, -0.05) is 30.3 Å². The summed E-state index contributed by atoms with van der Waals surface area (Å²) in [6, 6.07) is 9.09. The number of carbonyl (C=O) groups is 1. The first kappa shape index (κ1) is 23.5. The van der Waals surface area contributed by atoms with Crippen molar-refractivity contribution in [1.82, 2.24) is 5.32 Å². The SMILES string of the molecule is CC(C)(C)OC1OC1C(CC(O)CNC(=O)OCc1ccccc1)N=C1CC(C)(C)O1. The predicted molar refractivity (Wildman–Crippen MR) is 116 cm³/mol. The van der Waals surface area contributed by atoms with Crippen LogP contribution in [0.15, 0.2) is 35.3 Å². The number of aliphatic hydroxyl groups excluding tert-OH is 1. The number of aliphatic imine (C=N–C) groups is 1. The lowest BCUT2D eigenvalue weighted by Crippen LogP contribution is -2.43. The zero-order chi connectivity index (χ0) is 22.6. The van der Waals surface area contributed by atoms with Gasteiger partial charge in [-0.25, -0.2) is 9.79 Å². The summed E-state index contributed by atoms with van der Waals surface area (Å²) in [6.45, 7) is 10.1. The summed E-state index contributed by atoms with van der Waals surface area (Å²) in [4.78, 5) is 16.6. The maximum absolute atomic E-state index is 11.9. The number of benzene rings is 1. The Kier molecular flexibility index (Phi) is 7.24. The summed E-state index contributed by atoms with van der Waals surface area (Å²) in [5.41, 5.74) is 0.347. The number of epoxide rings is 1. The molecule has 8 heteroatoms. The van der Waals surface area contributed by atoms with Crippen LogP contribution in [0.5, 0.6) is 0 Å². The molecule has 172 valence electrons. The lowest BCUT2D eigenvalue weighted by Gasteiger charge is -2.37. The molecule has 0 spiro atoms. The summed E-state index contributed by atoms with van der Waals surface area (Å²) in [7, 11) is 0. The minimum Gasteiger partial charge on any atom is -0.474 e. The normalized spacial score (nSPS) is 25.2. The summed E-state index contributed by atoms with van der Waals surface area (Å²) < 4.78 is 22.4. The van der Waals surface area contributed by atoms with Crippen LogP contribution in [0.1, 0.15) is 53.0 Å². The molecule has 3 rings (SSSR count).